The molecule has 0 saturated heterocycles. The average molecular weight is 460 g/mol. The summed E-state index contributed by atoms with van der Waals surface area (Å²) >= 11 is 1.27. The third-order valence-corrected chi connectivity index (χ3v) is 6.10. The Kier molecular flexibility index (Phi) is 6.52. The van der Waals surface area contributed by atoms with Crippen molar-refractivity contribution >= 4 is 23.4 Å². The number of thiazole rings is 1. The van der Waals surface area contributed by atoms with Gasteiger partial charge in [0.05, 0.1) is 28.5 Å². The maximum absolute atomic E-state index is 13.5. The van der Waals surface area contributed by atoms with Gasteiger partial charge in [0.15, 0.2) is 11.4 Å². The number of carbonyl (C=O) groups is 1. The third kappa shape index (κ3) is 4.49. The smallest absolute Gasteiger partial charge is 0.338 e. The van der Waals surface area contributed by atoms with Gasteiger partial charge in [-0.05, 0) is 43.2 Å². The number of nitriles is 1. The number of carbonyl (C=O) groups excluding carboxylic acids is 1. The predicted octanol–water partition coefficient (Wildman–Crippen LogP) is 2.70. The number of fused-ring (bicyclic) bond motifs is 1. The zero-order chi connectivity index (χ0) is 23.4. The molecule has 3 aromatic rings. The van der Waals surface area contributed by atoms with E-state index in [1.165, 1.54) is 11.3 Å². The van der Waals surface area contributed by atoms with Gasteiger partial charge in [0.2, 0.25) is 0 Å². The summed E-state index contributed by atoms with van der Waals surface area (Å²) in [5.74, 6) is 0.101. The van der Waals surface area contributed by atoms with E-state index in [0.29, 0.717) is 26.4 Å². The Bertz CT molecular complexity index is 1430. The van der Waals surface area contributed by atoms with Crippen molar-refractivity contribution in [1.82, 2.24) is 4.57 Å². The summed E-state index contributed by atoms with van der Waals surface area (Å²) in [6, 6.07) is 17.8. The fourth-order valence-electron chi connectivity index (χ4n) is 3.67. The molecule has 0 fully saturated rings. The highest BCUT2D eigenvalue weighted by molar-refractivity contribution is 7.07. The lowest BCUT2D eigenvalue weighted by molar-refractivity contribution is -0.139. The predicted molar refractivity (Wildman–Crippen MR) is 124 cm³/mol. The summed E-state index contributed by atoms with van der Waals surface area (Å²) in [6.45, 7) is 3.71. The van der Waals surface area contributed by atoms with Crippen LogP contribution in [0.1, 0.15) is 31.0 Å². The highest BCUT2D eigenvalue weighted by Crippen LogP contribution is 2.30. The molecule has 0 unspecified atom stereocenters. The zero-order valence-electron chi connectivity index (χ0n) is 18.1. The zero-order valence-corrected chi connectivity index (χ0v) is 19.0. The number of hydrogen-bond donors (Lipinski definition) is 0. The van der Waals surface area contributed by atoms with Gasteiger partial charge in [-0.25, -0.2) is 9.79 Å². The Morgan fingerprint density at radius 2 is 1.94 bits per heavy atom. The van der Waals surface area contributed by atoms with Crippen LogP contribution in [0.2, 0.25) is 0 Å². The lowest BCUT2D eigenvalue weighted by Gasteiger charge is -2.24. The van der Waals surface area contributed by atoms with Crippen LogP contribution in [0, 0.1) is 11.3 Å². The van der Waals surface area contributed by atoms with E-state index in [1.54, 1.807) is 36.6 Å². The van der Waals surface area contributed by atoms with Gasteiger partial charge in [0.25, 0.3) is 5.56 Å². The summed E-state index contributed by atoms with van der Waals surface area (Å²) in [5, 5.41) is 8.63. The van der Waals surface area contributed by atoms with Gasteiger partial charge in [0.1, 0.15) is 11.8 Å². The first-order valence-electron chi connectivity index (χ1n) is 10.4. The molecule has 33 heavy (non-hydrogen) atoms. The average Bonchev–Trinajstić information content (AvgIpc) is 3.12. The first kappa shape index (κ1) is 22.2. The number of aromatic nitrogens is 1. The Morgan fingerprint density at radius 1 is 1.21 bits per heavy atom. The minimum Gasteiger partial charge on any atom is -0.479 e. The van der Waals surface area contributed by atoms with Crippen LogP contribution in [0.4, 0.5) is 0 Å². The van der Waals surface area contributed by atoms with Crippen molar-refractivity contribution in [2.75, 3.05) is 13.2 Å². The molecule has 0 spiro atoms. The monoisotopic (exact) mass is 459 g/mol. The molecule has 0 amide bonds. The molecule has 1 aliphatic heterocycles. The van der Waals surface area contributed by atoms with E-state index in [1.807, 2.05) is 48.5 Å². The number of nitrogens with zero attached hydrogens (tertiary/aromatic N) is 3. The summed E-state index contributed by atoms with van der Waals surface area (Å²) in [4.78, 5) is 31.4. The topological polar surface area (TPSA) is 93.7 Å². The van der Waals surface area contributed by atoms with Gasteiger partial charge >= 0.3 is 5.97 Å². The van der Waals surface area contributed by atoms with Gasteiger partial charge in [-0.1, -0.05) is 53.8 Å². The Morgan fingerprint density at radius 3 is 2.61 bits per heavy atom. The van der Waals surface area contributed by atoms with Crippen LogP contribution in [0.3, 0.4) is 0 Å². The molecular weight excluding hydrogens is 438 g/mol. The second kappa shape index (κ2) is 9.67. The van der Waals surface area contributed by atoms with Crippen molar-refractivity contribution in [3.05, 3.63) is 96.7 Å². The van der Waals surface area contributed by atoms with Crippen LogP contribution in [-0.4, -0.2) is 23.8 Å². The second-order valence-electron chi connectivity index (χ2n) is 7.23. The molecule has 1 aliphatic rings. The summed E-state index contributed by atoms with van der Waals surface area (Å²) in [7, 11) is 0. The van der Waals surface area contributed by atoms with Crippen LogP contribution in [0.5, 0.6) is 5.75 Å². The number of allylic oxidation sites excluding steroid dienone is 1. The molecule has 1 aromatic heterocycles. The van der Waals surface area contributed by atoms with Crippen LogP contribution in [0.15, 0.2) is 75.7 Å². The number of ether oxygens (including phenoxy) is 2. The summed E-state index contributed by atoms with van der Waals surface area (Å²) in [5.41, 5.74) is 2.28. The van der Waals surface area contributed by atoms with Crippen molar-refractivity contribution < 1.29 is 14.3 Å². The van der Waals surface area contributed by atoms with Crippen LogP contribution >= 0.6 is 11.3 Å². The quantitative estimate of drug-likeness (QED) is 0.529. The molecule has 0 radical (unpaired) electrons. The van der Waals surface area contributed by atoms with Crippen molar-refractivity contribution in [2.45, 2.75) is 19.9 Å². The molecule has 1 atom stereocenters. The van der Waals surface area contributed by atoms with E-state index in [4.69, 9.17) is 14.7 Å². The van der Waals surface area contributed by atoms with Gasteiger partial charge in [0, 0.05) is 0 Å². The van der Waals surface area contributed by atoms with Crippen molar-refractivity contribution in [3.63, 3.8) is 0 Å². The second-order valence-corrected chi connectivity index (χ2v) is 8.24. The highest BCUT2D eigenvalue weighted by Gasteiger charge is 2.33. The summed E-state index contributed by atoms with van der Waals surface area (Å²) < 4.78 is 12.6. The largest absolute Gasteiger partial charge is 0.479 e. The standard InChI is InChI=1S/C25H21N3O4S/c1-3-31-24(30)21-16(2)27-25-28(22(21)18-7-5-4-6-8-18)23(29)20(33-25)15-17-9-11-19(12-10-17)32-14-13-26/h4-12,15,22H,3,14H2,1-2H3/t22-/m0/s1. The maximum atomic E-state index is 13.5. The number of benzene rings is 2. The molecule has 8 heteroatoms. The molecule has 0 N–H and O–H groups in total. The third-order valence-electron chi connectivity index (χ3n) is 5.11. The molecule has 2 aromatic carbocycles. The van der Waals surface area contributed by atoms with E-state index >= 15 is 0 Å². The van der Waals surface area contributed by atoms with E-state index in [-0.39, 0.29) is 18.8 Å². The van der Waals surface area contributed by atoms with Crippen LogP contribution < -0.4 is 19.6 Å². The molecular formula is C25H21N3O4S. The van der Waals surface area contributed by atoms with Crippen LogP contribution in [0.25, 0.3) is 6.08 Å². The Hall–Kier alpha value is -3.96. The number of hydrogen-bond acceptors (Lipinski definition) is 7. The molecule has 166 valence electrons. The summed E-state index contributed by atoms with van der Waals surface area (Å²) in [6.07, 6.45) is 1.78. The van der Waals surface area contributed by atoms with Gasteiger partial charge in [-0.3, -0.25) is 9.36 Å². The first-order chi connectivity index (χ1) is 16.0. The van der Waals surface area contributed by atoms with E-state index < -0.39 is 12.0 Å². The molecule has 0 saturated carbocycles. The van der Waals surface area contributed by atoms with Gasteiger partial charge in [-0.15, -0.1) is 0 Å². The van der Waals surface area contributed by atoms with E-state index in [9.17, 15) is 9.59 Å². The SMILES string of the molecule is CCOC(=O)C1=C(C)N=c2sc(=Cc3ccc(OCC#N)cc3)c(=O)n2[C@H]1c1ccccc1. The lowest BCUT2D eigenvalue weighted by atomic mass is 9.96. The van der Waals surface area contributed by atoms with Crippen molar-refractivity contribution in [1.29, 1.82) is 5.26 Å². The van der Waals surface area contributed by atoms with E-state index in [2.05, 4.69) is 4.99 Å². The minimum absolute atomic E-state index is 0.0282. The van der Waals surface area contributed by atoms with Gasteiger partial charge in [-0.2, -0.15) is 5.26 Å². The van der Waals surface area contributed by atoms with E-state index in [0.717, 1.165) is 11.1 Å². The maximum Gasteiger partial charge on any atom is 0.338 e. The highest BCUT2D eigenvalue weighted by atomic mass is 32.1. The van der Waals surface area contributed by atoms with Crippen molar-refractivity contribution in [3.8, 4) is 11.8 Å². The molecule has 7 nitrogen and oxygen atoms in total. The van der Waals surface area contributed by atoms with Gasteiger partial charge < -0.3 is 9.47 Å². The first-order valence-corrected chi connectivity index (χ1v) is 11.2. The van der Waals surface area contributed by atoms with Crippen molar-refractivity contribution in [2.24, 2.45) is 4.99 Å². The molecule has 4 rings (SSSR count). The normalized spacial score (nSPS) is 15.4. The fraction of sp³-hybridized carbons (Fsp3) is 0.200. The molecule has 0 aliphatic carbocycles. The number of rotatable bonds is 6. The minimum atomic E-state index is -0.620. The Labute approximate surface area is 194 Å². The Balaban J connectivity index is 1.84. The lowest BCUT2D eigenvalue weighted by Crippen LogP contribution is -2.39. The number of esters is 1. The fourth-order valence-corrected chi connectivity index (χ4v) is 4.72. The van der Waals surface area contributed by atoms with Crippen LogP contribution in [-0.2, 0) is 9.53 Å². The molecule has 2 heterocycles. The molecule has 0 bridgehead atoms.